The van der Waals surface area contributed by atoms with Gasteiger partial charge in [0.2, 0.25) is 0 Å². The molecule has 212 valence electrons. The molecular weight excluding hydrogens is 424 g/mol. The van der Waals surface area contributed by atoms with Crippen LogP contribution in [0.1, 0.15) is 166 Å². The van der Waals surface area contributed by atoms with Gasteiger partial charge in [0.05, 0.1) is 0 Å². The number of unbranched alkanes of at least 4 members (excludes halogenated alkanes) is 8. The Kier molecular flexibility index (Phi) is 19.9. The first-order valence-corrected chi connectivity index (χ1v) is 15.8. The summed E-state index contributed by atoms with van der Waals surface area (Å²) in [5, 5.41) is 7.65. The Bertz CT molecular complexity index is 424. The average molecular weight is 495 g/mol. The van der Waals surface area contributed by atoms with Crippen LogP contribution >= 0.6 is 0 Å². The molecule has 2 heteroatoms. The number of hydrogen-bond donors (Lipinski definition) is 2. The minimum Gasteiger partial charge on any atom is -0.312 e. The Morgan fingerprint density at radius 3 is 1.03 bits per heavy atom. The second-order valence-electron chi connectivity index (χ2n) is 14.4. The third-order valence-corrected chi connectivity index (χ3v) is 7.83. The fourth-order valence-electron chi connectivity index (χ4n) is 5.58. The standard InChI is InChI=1S/C33H70N2/c1-28(2)26-30(5)20-22-32(7,8)34-24-18-16-14-12-11-13-15-17-19-25-35-33(9,10)23-21-31(6)27-29(3)4/h28-31,34-35H,11-27H2,1-10H3. The van der Waals surface area contributed by atoms with E-state index in [-0.39, 0.29) is 0 Å². The molecular formula is C33H70N2. The van der Waals surface area contributed by atoms with Crippen LogP contribution < -0.4 is 10.6 Å². The van der Waals surface area contributed by atoms with Crippen molar-refractivity contribution in [2.24, 2.45) is 23.7 Å². The zero-order valence-electron chi connectivity index (χ0n) is 26.3. The molecule has 0 aliphatic carbocycles. The number of nitrogens with one attached hydrogen (secondary N) is 2. The molecule has 2 N–H and O–H groups in total. The first-order chi connectivity index (χ1) is 16.3. The number of hydrogen-bond acceptors (Lipinski definition) is 2. The average Bonchev–Trinajstić information content (AvgIpc) is 2.73. The van der Waals surface area contributed by atoms with E-state index in [1.807, 2.05) is 0 Å². The van der Waals surface area contributed by atoms with Crippen molar-refractivity contribution in [3.05, 3.63) is 0 Å². The SMILES string of the molecule is CC(C)CC(C)CCC(C)(C)NCCCCCCCCCCCNC(C)(C)CCC(C)CC(C)C. The van der Waals surface area contributed by atoms with Gasteiger partial charge in [-0.15, -0.1) is 0 Å². The normalized spacial score (nSPS) is 14.7. The van der Waals surface area contributed by atoms with Gasteiger partial charge in [-0.1, -0.05) is 86.5 Å². The second-order valence-corrected chi connectivity index (χ2v) is 14.4. The predicted molar refractivity (Wildman–Crippen MR) is 161 cm³/mol. The molecule has 0 aliphatic rings. The molecule has 2 unspecified atom stereocenters. The zero-order chi connectivity index (χ0) is 26.7. The van der Waals surface area contributed by atoms with Crippen molar-refractivity contribution in [2.45, 2.75) is 177 Å². The highest BCUT2D eigenvalue weighted by Gasteiger charge is 2.19. The summed E-state index contributed by atoms with van der Waals surface area (Å²) in [6.45, 7) is 26.1. The molecule has 0 rings (SSSR count). The van der Waals surface area contributed by atoms with Crippen molar-refractivity contribution in [3.8, 4) is 0 Å². The van der Waals surface area contributed by atoms with Crippen molar-refractivity contribution >= 4 is 0 Å². The highest BCUT2D eigenvalue weighted by molar-refractivity contribution is 4.79. The Balaban J connectivity index is 3.55. The molecule has 0 bridgehead atoms. The summed E-state index contributed by atoms with van der Waals surface area (Å²) in [6, 6.07) is 0. The lowest BCUT2D eigenvalue weighted by atomic mass is 9.88. The van der Waals surface area contributed by atoms with Crippen LogP contribution in [0.15, 0.2) is 0 Å². The van der Waals surface area contributed by atoms with Crippen molar-refractivity contribution in [2.75, 3.05) is 13.1 Å². The van der Waals surface area contributed by atoms with Crippen LogP contribution in [0, 0.1) is 23.7 Å². The van der Waals surface area contributed by atoms with Crippen LogP contribution in [0.4, 0.5) is 0 Å². The molecule has 0 radical (unpaired) electrons. The highest BCUT2D eigenvalue weighted by atomic mass is 14.9. The maximum Gasteiger partial charge on any atom is 0.0125 e. The van der Waals surface area contributed by atoms with E-state index in [1.165, 1.54) is 109 Å². The largest absolute Gasteiger partial charge is 0.312 e. The molecule has 0 heterocycles. The third-order valence-electron chi connectivity index (χ3n) is 7.83. The van der Waals surface area contributed by atoms with Gasteiger partial charge in [-0.2, -0.15) is 0 Å². The summed E-state index contributed by atoms with van der Waals surface area (Å²) >= 11 is 0. The van der Waals surface area contributed by atoms with Gasteiger partial charge in [0.15, 0.2) is 0 Å². The van der Waals surface area contributed by atoms with Gasteiger partial charge in [-0.05, 0) is 116 Å². The van der Waals surface area contributed by atoms with Crippen LogP contribution in [0.5, 0.6) is 0 Å². The second kappa shape index (κ2) is 20.0. The van der Waals surface area contributed by atoms with Crippen molar-refractivity contribution < 1.29 is 0 Å². The smallest absolute Gasteiger partial charge is 0.0125 e. The first kappa shape index (κ1) is 34.9. The molecule has 0 saturated heterocycles. The van der Waals surface area contributed by atoms with Gasteiger partial charge in [0, 0.05) is 11.1 Å². The van der Waals surface area contributed by atoms with E-state index in [0.29, 0.717) is 11.1 Å². The van der Waals surface area contributed by atoms with Crippen LogP contribution in [0.3, 0.4) is 0 Å². The molecule has 0 spiro atoms. The van der Waals surface area contributed by atoms with Crippen molar-refractivity contribution in [1.82, 2.24) is 10.6 Å². The van der Waals surface area contributed by atoms with Crippen LogP contribution in [0.2, 0.25) is 0 Å². The van der Waals surface area contributed by atoms with Crippen LogP contribution in [-0.4, -0.2) is 24.2 Å². The summed E-state index contributed by atoms with van der Waals surface area (Å²) in [5.74, 6) is 3.36. The molecule has 0 saturated carbocycles. The maximum absolute atomic E-state index is 3.82. The minimum absolute atomic E-state index is 0.293. The van der Waals surface area contributed by atoms with Gasteiger partial charge in [-0.25, -0.2) is 0 Å². The molecule has 2 atom stereocenters. The molecule has 0 aromatic heterocycles. The topological polar surface area (TPSA) is 24.1 Å². The summed E-state index contributed by atoms with van der Waals surface area (Å²) in [7, 11) is 0. The lowest BCUT2D eigenvalue weighted by Crippen LogP contribution is -2.40. The predicted octanol–water partition coefficient (Wildman–Crippen LogP) is 10.2. The Hall–Kier alpha value is -0.0800. The van der Waals surface area contributed by atoms with Gasteiger partial charge in [0.1, 0.15) is 0 Å². The quantitative estimate of drug-likeness (QED) is 0.130. The third kappa shape index (κ3) is 24.0. The van der Waals surface area contributed by atoms with Crippen molar-refractivity contribution in [1.29, 1.82) is 0 Å². The monoisotopic (exact) mass is 495 g/mol. The van der Waals surface area contributed by atoms with Crippen LogP contribution in [-0.2, 0) is 0 Å². The molecule has 0 aromatic rings. The van der Waals surface area contributed by atoms with Gasteiger partial charge >= 0.3 is 0 Å². The fraction of sp³-hybridized carbons (Fsp3) is 1.00. The number of rotatable bonds is 24. The summed E-state index contributed by atoms with van der Waals surface area (Å²) in [4.78, 5) is 0. The molecule has 0 fully saturated rings. The zero-order valence-corrected chi connectivity index (χ0v) is 26.3. The summed E-state index contributed by atoms with van der Waals surface area (Å²) in [5.41, 5.74) is 0.586. The molecule has 0 amide bonds. The lowest BCUT2D eigenvalue weighted by Gasteiger charge is -2.28. The van der Waals surface area contributed by atoms with E-state index in [2.05, 4.69) is 79.9 Å². The lowest BCUT2D eigenvalue weighted by molar-refractivity contribution is 0.306. The van der Waals surface area contributed by atoms with Crippen LogP contribution in [0.25, 0.3) is 0 Å². The fourth-order valence-corrected chi connectivity index (χ4v) is 5.58. The van der Waals surface area contributed by atoms with E-state index in [9.17, 15) is 0 Å². The van der Waals surface area contributed by atoms with Gasteiger partial charge in [0.25, 0.3) is 0 Å². The van der Waals surface area contributed by atoms with E-state index in [0.717, 1.165) is 23.7 Å². The summed E-state index contributed by atoms with van der Waals surface area (Å²) < 4.78 is 0. The molecule has 0 aliphatic heterocycles. The van der Waals surface area contributed by atoms with E-state index < -0.39 is 0 Å². The van der Waals surface area contributed by atoms with E-state index in [1.54, 1.807) is 0 Å². The highest BCUT2D eigenvalue weighted by Crippen LogP contribution is 2.22. The summed E-state index contributed by atoms with van der Waals surface area (Å²) in [6.07, 6.45) is 20.6. The Morgan fingerprint density at radius 1 is 0.457 bits per heavy atom. The van der Waals surface area contributed by atoms with E-state index >= 15 is 0 Å². The molecule has 2 nitrogen and oxygen atoms in total. The first-order valence-electron chi connectivity index (χ1n) is 15.8. The van der Waals surface area contributed by atoms with E-state index in [4.69, 9.17) is 0 Å². The van der Waals surface area contributed by atoms with Crippen molar-refractivity contribution in [3.63, 3.8) is 0 Å². The molecule has 0 aromatic carbocycles. The molecule has 35 heavy (non-hydrogen) atoms. The Morgan fingerprint density at radius 2 is 0.743 bits per heavy atom. The minimum atomic E-state index is 0.293. The maximum atomic E-state index is 3.82. The van der Waals surface area contributed by atoms with Gasteiger partial charge < -0.3 is 10.6 Å². The Labute approximate surface area is 224 Å². The van der Waals surface area contributed by atoms with Gasteiger partial charge in [-0.3, -0.25) is 0 Å².